The van der Waals surface area contributed by atoms with Crippen LogP contribution < -0.4 is 5.73 Å². The Bertz CT molecular complexity index is 494. The van der Waals surface area contributed by atoms with Gasteiger partial charge in [-0.1, -0.05) is 0 Å². The minimum atomic E-state index is -1.03. The Morgan fingerprint density at radius 1 is 1.60 bits per heavy atom. The number of pyridine rings is 1. The van der Waals surface area contributed by atoms with E-state index in [2.05, 4.69) is 9.97 Å². The van der Waals surface area contributed by atoms with E-state index in [0.717, 1.165) is 5.56 Å². The minimum Gasteiger partial charge on any atom is -0.480 e. The molecule has 1 atom stereocenters. The lowest BCUT2D eigenvalue weighted by atomic mass is 10.1. The van der Waals surface area contributed by atoms with Crippen LogP contribution >= 0.6 is 0 Å². The molecule has 0 aliphatic carbocycles. The first-order valence-electron chi connectivity index (χ1n) is 4.33. The molecule has 0 fully saturated rings. The molecule has 0 aromatic carbocycles. The van der Waals surface area contributed by atoms with Gasteiger partial charge in [0.1, 0.15) is 11.6 Å². The molecule has 2 aromatic rings. The largest absolute Gasteiger partial charge is 0.480 e. The van der Waals surface area contributed by atoms with Crippen LogP contribution in [0.2, 0.25) is 0 Å². The Labute approximate surface area is 84.7 Å². The number of hydrogen-bond donors (Lipinski definition) is 2. The number of aliphatic carboxylic acids is 1. The average molecular weight is 207 g/mol. The highest BCUT2D eigenvalue weighted by Gasteiger charge is 2.13. The van der Waals surface area contributed by atoms with Crippen molar-refractivity contribution in [3.8, 4) is 0 Å². The third-order valence-electron chi connectivity index (χ3n) is 2.02. The minimum absolute atomic E-state index is 0.227. The summed E-state index contributed by atoms with van der Waals surface area (Å²) in [5.74, 6) is -1.03. The number of oxazole rings is 1. The van der Waals surface area contributed by atoms with E-state index >= 15 is 0 Å². The number of carbonyl (C=O) groups is 1. The molecule has 2 rings (SSSR count). The van der Waals surface area contributed by atoms with Gasteiger partial charge in [0.15, 0.2) is 6.39 Å². The highest BCUT2D eigenvalue weighted by Crippen LogP contribution is 2.11. The topological polar surface area (TPSA) is 102 Å². The third kappa shape index (κ3) is 1.94. The van der Waals surface area contributed by atoms with E-state index in [9.17, 15) is 4.79 Å². The molecule has 3 N–H and O–H groups in total. The lowest BCUT2D eigenvalue weighted by Gasteiger charge is -2.04. The molecule has 6 nitrogen and oxygen atoms in total. The number of fused-ring (bicyclic) bond motifs is 1. The quantitative estimate of drug-likeness (QED) is 0.744. The van der Waals surface area contributed by atoms with Gasteiger partial charge in [-0.25, -0.2) is 9.97 Å². The van der Waals surface area contributed by atoms with Crippen molar-refractivity contribution >= 4 is 17.2 Å². The number of nitrogens with zero attached hydrogens (tertiary/aromatic N) is 2. The maximum Gasteiger partial charge on any atom is 0.320 e. The van der Waals surface area contributed by atoms with Crippen LogP contribution in [0, 0.1) is 0 Å². The SMILES string of the molecule is NC(Cc1cnc2ocnc2c1)C(=O)O. The van der Waals surface area contributed by atoms with Gasteiger partial charge in [-0.3, -0.25) is 4.79 Å². The van der Waals surface area contributed by atoms with Crippen LogP contribution in [0.15, 0.2) is 23.1 Å². The monoisotopic (exact) mass is 207 g/mol. The Balaban J connectivity index is 2.24. The number of carboxylic acids is 1. The molecule has 0 spiro atoms. The van der Waals surface area contributed by atoms with Gasteiger partial charge in [-0.15, -0.1) is 0 Å². The van der Waals surface area contributed by atoms with Crippen molar-refractivity contribution < 1.29 is 14.3 Å². The fraction of sp³-hybridized carbons (Fsp3) is 0.222. The summed E-state index contributed by atoms with van der Waals surface area (Å²) in [6.07, 6.45) is 3.06. The molecule has 0 aliphatic heterocycles. The van der Waals surface area contributed by atoms with Gasteiger partial charge in [-0.05, 0) is 18.1 Å². The first kappa shape index (κ1) is 9.60. The zero-order chi connectivity index (χ0) is 10.8. The molecular formula is C9H9N3O3. The van der Waals surface area contributed by atoms with Gasteiger partial charge >= 0.3 is 5.97 Å². The smallest absolute Gasteiger partial charge is 0.320 e. The zero-order valence-corrected chi connectivity index (χ0v) is 7.75. The molecule has 0 saturated heterocycles. The number of aromatic nitrogens is 2. The molecule has 1 unspecified atom stereocenters. The van der Waals surface area contributed by atoms with Crippen molar-refractivity contribution in [2.24, 2.45) is 5.73 Å². The normalized spacial score (nSPS) is 12.9. The molecule has 15 heavy (non-hydrogen) atoms. The molecule has 0 aliphatic rings. The van der Waals surface area contributed by atoms with E-state index < -0.39 is 12.0 Å². The summed E-state index contributed by atoms with van der Waals surface area (Å²) in [6, 6.07) is 0.797. The second-order valence-electron chi connectivity index (χ2n) is 3.17. The summed E-state index contributed by atoms with van der Waals surface area (Å²) in [5, 5.41) is 8.64. The van der Waals surface area contributed by atoms with Gasteiger partial charge in [0.2, 0.25) is 5.71 Å². The summed E-state index contributed by atoms with van der Waals surface area (Å²) < 4.78 is 4.96. The van der Waals surface area contributed by atoms with Crippen LogP contribution in [0.4, 0.5) is 0 Å². The van der Waals surface area contributed by atoms with Crippen molar-refractivity contribution in [1.29, 1.82) is 0 Å². The lowest BCUT2D eigenvalue weighted by Crippen LogP contribution is -2.32. The standard InChI is InChI=1S/C9H9N3O3/c10-6(9(13)14)1-5-2-7-8(11-3-5)15-4-12-7/h2-4,6H,1,10H2,(H,13,14). The van der Waals surface area contributed by atoms with Crippen LogP contribution in [-0.2, 0) is 11.2 Å². The fourth-order valence-corrected chi connectivity index (χ4v) is 1.25. The predicted molar refractivity (Wildman–Crippen MR) is 51.1 cm³/mol. The summed E-state index contributed by atoms with van der Waals surface area (Å²) in [7, 11) is 0. The number of nitrogens with two attached hydrogens (primary N) is 1. The third-order valence-corrected chi connectivity index (χ3v) is 2.02. The summed E-state index contributed by atoms with van der Waals surface area (Å²) in [5.41, 5.74) is 7.16. The van der Waals surface area contributed by atoms with Gasteiger partial charge in [0.25, 0.3) is 0 Å². The van der Waals surface area contributed by atoms with E-state index in [1.54, 1.807) is 6.07 Å². The first-order valence-corrected chi connectivity index (χ1v) is 4.33. The van der Waals surface area contributed by atoms with Gasteiger partial charge in [0.05, 0.1) is 0 Å². The van der Waals surface area contributed by atoms with Gasteiger partial charge in [0, 0.05) is 6.20 Å². The van der Waals surface area contributed by atoms with Crippen molar-refractivity contribution in [2.45, 2.75) is 12.5 Å². The van der Waals surface area contributed by atoms with Crippen molar-refractivity contribution in [3.05, 3.63) is 24.2 Å². The molecule has 6 heteroatoms. The number of rotatable bonds is 3. The van der Waals surface area contributed by atoms with Crippen LogP contribution in [0.25, 0.3) is 11.2 Å². The van der Waals surface area contributed by atoms with Crippen LogP contribution in [0.5, 0.6) is 0 Å². The fourth-order valence-electron chi connectivity index (χ4n) is 1.25. The highest BCUT2D eigenvalue weighted by atomic mass is 16.4. The van der Waals surface area contributed by atoms with E-state index in [1.165, 1.54) is 12.6 Å². The summed E-state index contributed by atoms with van der Waals surface area (Å²) >= 11 is 0. The van der Waals surface area contributed by atoms with Gasteiger partial charge < -0.3 is 15.3 Å². The summed E-state index contributed by atoms with van der Waals surface area (Å²) in [4.78, 5) is 18.4. The molecule has 2 heterocycles. The maximum absolute atomic E-state index is 10.5. The molecule has 0 saturated carbocycles. The maximum atomic E-state index is 10.5. The highest BCUT2D eigenvalue weighted by molar-refractivity contribution is 5.74. The van der Waals surface area contributed by atoms with E-state index in [0.29, 0.717) is 11.2 Å². The Kier molecular flexibility index (Phi) is 2.34. The zero-order valence-electron chi connectivity index (χ0n) is 7.75. The van der Waals surface area contributed by atoms with Crippen LogP contribution in [0.3, 0.4) is 0 Å². The number of hydrogen-bond acceptors (Lipinski definition) is 5. The Hall–Kier alpha value is -1.95. The van der Waals surface area contributed by atoms with E-state index in [-0.39, 0.29) is 6.42 Å². The first-order chi connectivity index (χ1) is 7.16. The van der Waals surface area contributed by atoms with Crippen LogP contribution in [0.1, 0.15) is 5.56 Å². The summed E-state index contributed by atoms with van der Waals surface area (Å²) in [6.45, 7) is 0. The molecule has 0 amide bonds. The molecular weight excluding hydrogens is 198 g/mol. The van der Waals surface area contributed by atoms with E-state index in [4.69, 9.17) is 15.3 Å². The number of carboxylic acid groups (broad SMARTS) is 1. The molecule has 78 valence electrons. The Morgan fingerprint density at radius 3 is 3.13 bits per heavy atom. The molecule has 0 radical (unpaired) electrons. The second kappa shape index (κ2) is 3.66. The van der Waals surface area contributed by atoms with Gasteiger partial charge in [-0.2, -0.15) is 0 Å². The Morgan fingerprint density at radius 2 is 2.40 bits per heavy atom. The van der Waals surface area contributed by atoms with Crippen LogP contribution in [-0.4, -0.2) is 27.1 Å². The molecule has 0 bridgehead atoms. The second-order valence-corrected chi connectivity index (χ2v) is 3.17. The van der Waals surface area contributed by atoms with Crippen molar-refractivity contribution in [3.63, 3.8) is 0 Å². The average Bonchev–Trinajstić information content (AvgIpc) is 2.64. The molecule has 2 aromatic heterocycles. The van der Waals surface area contributed by atoms with Crippen molar-refractivity contribution in [2.75, 3.05) is 0 Å². The lowest BCUT2D eigenvalue weighted by molar-refractivity contribution is -0.138. The van der Waals surface area contributed by atoms with E-state index in [1.807, 2.05) is 0 Å². The van der Waals surface area contributed by atoms with Crippen molar-refractivity contribution in [1.82, 2.24) is 9.97 Å². The predicted octanol–water partition coefficient (Wildman–Crippen LogP) is 0.177.